The van der Waals surface area contributed by atoms with E-state index in [1.165, 1.54) is 17.3 Å². The molecule has 0 saturated carbocycles. The Morgan fingerprint density at radius 2 is 1.71 bits per heavy atom. The molecule has 5 nitrogen and oxygen atoms in total. The molecule has 0 bridgehead atoms. The zero-order chi connectivity index (χ0) is 24.9. The van der Waals surface area contributed by atoms with Crippen molar-refractivity contribution >= 4 is 46.2 Å². The maximum atomic E-state index is 13.4. The molecule has 3 aromatic rings. The van der Waals surface area contributed by atoms with E-state index < -0.39 is 0 Å². The van der Waals surface area contributed by atoms with Gasteiger partial charge in [-0.05, 0) is 66.8 Å². The number of aliphatic imine (C=N–C) groups is 1. The lowest BCUT2D eigenvalue weighted by Gasteiger charge is -2.18. The van der Waals surface area contributed by atoms with Gasteiger partial charge in [0, 0.05) is 5.69 Å². The summed E-state index contributed by atoms with van der Waals surface area (Å²) in [5.41, 5.74) is 6.15. The lowest BCUT2D eigenvalue weighted by Crippen LogP contribution is -2.31. The summed E-state index contributed by atoms with van der Waals surface area (Å²) in [7, 11) is 0. The normalized spacial score (nSPS) is 14.5. The Balaban J connectivity index is 1.56. The van der Waals surface area contributed by atoms with Gasteiger partial charge >= 0.3 is 0 Å². The number of nitrogens with one attached hydrogen (secondary N) is 1. The highest BCUT2D eigenvalue weighted by molar-refractivity contribution is 8.14. The lowest BCUT2D eigenvalue weighted by atomic mass is 10.0. The standard InChI is InChI=1S/C29H29N3O2S/c1-19(2)23-12-10-22(11-13-23)17-26-28(34)32(25-14-8-20(3)9-15-25)29(31-26)35-18-27(33)30-24-7-5-6-21(4)16-24/h5-17,19H,18H2,1-4H3,(H,30,33). The lowest BCUT2D eigenvalue weighted by molar-refractivity contribution is -0.114. The number of amides is 2. The van der Waals surface area contributed by atoms with Crippen molar-refractivity contribution in [3.63, 3.8) is 0 Å². The Kier molecular flexibility index (Phi) is 7.51. The zero-order valence-electron chi connectivity index (χ0n) is 20.4. The van der Waals surface area contributed by atoms with Gasteiger partial charge in [0.25, 0.3) is 5.91 Å². The molecule has 1 aliphatic heterocycles. The van der Waals surface area contributed by atoms with Gasteiger partial charge in [-0.2, -0.15) is 0 Å². The van der Waals surface area contributed by atoms with Crippen molar-refractivity contribution in [1.82, 2.24) is 0 Å². The number of thioether (sulfide) groups is 1. The summed E-state index contributed by atoms with van der Waals surface area (Å²) in [4.78, 5) is 32.2. The summed E-state index contributed by atoms with van der Waals surface area (Å²) in [6.07, 6.45) is 1.80. The summed E-state index contributed by atoms with van der Waals surface area (Å²) in [5, 5.41) is 3.40. The van der Waals surface area contributed by atoms with E-state index in [2.05, 4.69) is 36.3 Å². The van der Waals surface area contributed by atoms with Gasteiger partial charge < -0.3 is 5.32 Å². The molecule has 2 amide bonds. The van der Waals surface area contributed by atoms with Crippen molar-refractivity contribution in [2.45, 2.75) is 33.6 Å². The van der Waals surface area contributed by atoms with E-state index in [4.69, 9.17) is 0 Å². The summed E-state index contributed by atoms with van der Waals surface area (Å²) in [5.74, 6) is 0.220. The van der Waals surface area contributed by atoms with Crippen LogP contribution in [0.15, 0.2) is 83.5 Å². The fraction of sp³-hybridized carbons (Fsp3) is 0.207. The predicted octanol–water partition coefficient (Wildman–Crippen LogP) is 6.54. The smallest absolute Gasteiger partial charge is 0.283 e. The number of anilines is 2. The molecule has 0 fully saturated rings. The van der Waals surface area contributed by atoms with Gasteiger partial charge in [-0.1, -0.05) is 79.7 Å². The summed E-state index contributed by atoms with van der Waals surface area (Å²) in [6, 6.07) is 23.5. The molecule has 0 saturated heterocycles. The molecule has 0 unspecified atom stereocenters. The molecule has 35 heavy (non-hydrogen) atoms. The minimum atomic E-state index is -0.205. The minimum Gasteiger partial charge on any atom is -0.325 e. The Bertz CT molecular complexity index is 1290. The van der Waals surface area contributed by atoms with Gasteiger partial charge in [0.2, 0.25) is 5.91 Å². The van der Waals surface area contributed by atoms with Crippen LogP contribution in [0.5, 0.6) is 0 Å². The Labute approximate surface area is 211 Å². The number of hydrogen-bond acceptors (Lipinski definition) is 4. The topological polar surface area (TPSA) is 61.8 Å². The highest BCUT2D eigenvalue weighted by Crippen LogP contribution is 2.30. The Morgan fingerprint density at radius 3 is 2.37 bits per heavy atom. The van der Waals surface area contributed by atoms with Crippen LogP contribution in [0, 0.1) is 13.8 Å². The maximum absolute atomic E-state index is 13.4. The van der Waals surface area contributed by atoms with Crippen molar-refractivity contribution in [3.8, 4) is 0 Å². The first-order valence-corrected chi connectivity index (χ1v) is 12.6. The van der Waals surface area contributed by atoms with E-state index >= 15 is 0 Å². The summed E-state index contributed by atoms with van der Waals surface area (Å²) >= 11 is 1.25. The third-order valence-electron chi connectivity index (χ3n) is 5.66. The number of carbonyl (C=O) groups excluding carboxylic acids is 2. The minimum absolute atomic E-state index is 0.138. The van der Waals surface area contributed by atoms with Crippen molar-refractivity contribution in [1.29, 1.82) is 0 Å². The van der Waals surface area contributed by atoms with E-state index in [0.29, 0.717) is 16.8 Å². The van der Waals surface area contributed by atoms with Crippen LogP contribution in [-0.2, 0) is 9.59 Å². The Morgan fingerprint density at radius 1 is 1.00 bits per heavy atom. The van der Waals surface area contributed by atoms with Crippen LogP contribution in [0.25, 0.3) is 6.08 Å². The van der Waals surface area contributed by atoms with Gasteiger partial charge in [-0.3, -0.25) is 14.5 Å². The first-order valence-electron chi connectivity index (χ1n) is 11.6. The van der Waals surface area contributed by atoms with Crippen LogP contribution in [0.4, 0.5) is 11.4 Å². The van der Waals surface area contributed by atoms with E-state index in [1.54, 1.807) is 11.0 Å². The average Bonchev–Trinajstić information content (AvgIpc) is 3.13. The quantitative estimate of drug-likeness (QED) is 0.405. The van der Waals surface area contributed by atoms with E-state index in [0.717, 1.165) is 28.1 Å². The number of benzene rings is 3. The second-order valence-electron chi connectivity index (χ2n) is 8.93. The molecule has 1 heterocycles. The molecule has 0 spiro atoms. The van der Waals surface area contributed by atoms with E-state index in [1.807, 2.05) is 74.5 Å². The monoisotopic (exact) mass is 483 g/mol. The third kappa shape index (κ3) is 6.08. The number of rotatable bonds is 6. The summed E-state index contributed by atoms with van der Waals surface area (Å²) in [6.45, 7) is 8.28. The van der Waals surface area contributed by atoms with E-state index in [9.17, 15) is 9.59 Å². The van der Waals surface area contributed by atoms with Crippen molar-refractivity contribution in [2.24, 2.45) is 4.99 Å². The molecule has 0 aromatic heterocycles. The van der Waals surface area contributed by atoms with Crippen LogP contribution < -0.4 is 10.2 Å². The van der Waals surface area contributed by atoms with Crippen LogP contribution in [0.2, 0.25) is 0 Å². The largest absolute Gasteiger partial charge is 0.325 e. The first-order chi connectivity index (χ1) is 16.8. The van der Waals surface area contributed by atoms with Crippen LogP contribution >= 0.6 is 11.8 Å². The molecule has 1 N–H and O–H groups in total. The summed E-state index contributed by atoms with van der Waals surface area (Å²) < 4.78 is 0. The first kappa shape index (κ1) is 24.5. The van der Waals surface area contributed by atoms with Crippen molar-refractivity contribution < 1.29 is 9.59 Å². The molecule has 4 rings (SSSR count). The molecular formula is C29H29N3O2S. The zero-order valence-corrected chi connectivity index (χ0v) is 21.2. The molecule has 1 aliphatic rings. The van der Waals surface area contributed by atoms with Crippen molar-refractivity contribution in [3.05, 3.63) is 101 Å². The SMILES string of the molecule is Cc1ccc(N2C(=O)C(=Cc3ccc(C(C)C)cc3)N=C2SCC(=O)Nc2cccc(C)c2)cc1. The maximum Gasteiger partial charge on any atom is 0.283 e. The number of aryl methyl sites for hydroxylation is 2. The molecule has 3 aromatic carbocycles. The van der Waals surface area contributed by atoms with Crippen molar-refractivity contribution in [2.75, 3.05) is 16.0 Å². The molecular weight excluding hydrogens is 454 g/mol. The Hall–Kier alpha value is -3.64. The molecule has 178 valence electrons. The molecule has 6 heteroatoms. The second kappa shape index (κ2) is 10.7. The van der Waals surface area contributed by atoms with E-state index in [-0.39, 0.29) is 17.6 Å². The van der Waals surface area contributed by atoms with Crippen LogP contribution in [0.1, 0.15) is 42.0 Å². The third-order valence-corrected chi connectivity index (χ3v) is 6.60. The fourth-order valence-electron chi connectivity index (χ4n) is 3.70. The second-order valence-corrected chi connectivity index (χ2v) is 9.87. The number of nitrogens with zero attached hydrogens (tertiary/aromatic N) is 2. The molecule has 0 radical (unpaired) electrons. The van der Waals surface area contributed by atoms with Crippen LogP contribution in [0.3, 0.4) is 0 Å². The van der Waals surface area contributed by atoms with Gasteiger partial charge in [0.15, 0.2) is 5.17 Å². The number of carbonyl (C=O) groups is 2. The molecule has 0 aliphatic carbocycles. The highest BCUT2D eigenvalue weighted by Gasteiger charge is 2.32. The number of hydrogen-bond donors (Lipinski definition) is 1. The fourth-order valence-corrected chi connectivity index (χ4v) is 4.51. The van der Waals surface area contributed by atoms with Gasteiger partial charge in [-0.25, -0.2) is 4.99 Å². The van der Waals surface area contributed by atoms with Gasteiger partial charge in [0.1, 0.15) is 5.70 Å². The highest BCUT2D eigenvalue weighted by atomic mass is 32.2. The van der Waals surface area contributed by atoms with Crippen LogP contribution in [-0.4, -0.2) is 22.7 Å². The molecule has 0 atom stereocenters. The average molecular weight is 484 g/mol. The number of amidine groups is 1. The van der Waals surface area contributed by atoms with Gasteiger partial charge in [-0.15, -0.1) is 0 Å². The predicted molar refractivity (Wildman–Crippen MR) is 147 cm³/mol. The van der Waals surface area contributed by atoms with Gasteiger partial charge in [0.05, 0.1) is 11.4 Å².